The molecule has 3 rings (SSSR count). The van der Waals surface area contributed by atoms with Crippen molar-refractivity contribution in [1.82, 2.24) is 0 Å². The molecule has 3 saturated heterocycles. The first-order chi connectivity index (χ1) is 9.58. The Labute approximate surface area is 120 Å². The number of ether oxygens (including phenoxy) is 5. The highest BCUT2D eigenvalue weighted by atomic mass is 16.8. The van der Waals surface area contributed by atoms with Crippen LogP contribution in [0.1, 0.15) is 27.2 Å². The lowest BCUT2D eigenvalue weighted by molar-refractivity contribution is -0.00508. The van der Waals surface area contributed by atoms with E-state index in [1.54, 1.807) is 0 Å². The van der Waals surface area contributed by atoms with Gasteiger partial charge in [0.2, 0.25) is 0 Å². The Morgan fingerprint density at radius 1 is 1.25 bits per heavy atom. The van der Waals surface area contributed by atoms with E-state index in [0.717, 1.165) is 19.6 Å². The lowest BCUT2D eigenvalue weighted by atomic mass is 10.0. The van der Waals surface area contributed by atoms with E-state index < -0.39 is 0 Å². The van der Waals surface area contributed by atoms with Gasteiger partial charge in [-0.2, -0.15) is 0 Å². The Morgan fingerprint density at radius 2 is 1.90 bits per heavy atom. The van der Waals surface area contributed by atoms with Crippen molar-refractivity contribution in [3.05, 3.63) is 11.6 Å². The molecule has 3 aliphatic heterocycles. The topological polar surface area (TPSA) is 56.0 Å². The van der Waals surface area contributed by atoms with Gasteiger partial charge < -0.3 is 23.7 Å². The second kappa shape index (κ2) is 5.73. The summed E-state index contributed by atoms with van der Waals surface area (Å²) in [6.45, 7) is 9.11. The maximum atomic E-state index is 5.99. The van der Waals surface area contributed by atoms with Gasteiger partial charge in [-0.05, 0) is 27.2 Å². The highest BCUT2D eigenvalue weighted by Crippen LogP contribution is 2.43. The molecule has 3 heterocycles. The molecule has 5 unspecified atom stereocenters. The normalized spacial score (nSPS) is 39.2. The summed E-state index contributed by atoms with van der Waals surface area (Å²) in [6, 6.07) is 0. The molecule has 0 saturated carbocycles. The molecular formula is C15H24O5. The van der Waals surface area contributed by atoms with E-state index in [1.165, 1.54) is 5.57 Å². The molecule has 0 N–H and O–H groups in total. The molecule has 5 heteroatoms. The Bertz CT molecular complexity index is 370. The molecule has 5 nitrogen and oxygen atoms in total. The molecule has 0 aliphatic carbocycles. The van der Waals surface area contributed by atoms with Crippen LogP contribution in [0.25, 0.3) is 0 Å². The zero-order valence-corrected chi connectivity index (χ0v) is 12.5. The lowest BCUT2D eigenvalue weighted by Gasteiger charge is -2.20. The molecule has 0 radical (unpaired) electrons. The predicted octanol–water partition coefficient (Wildman–Crippen LogP) is 1.66. The van der Waals surface area contributed by atoms with Gasteiger partial charge in [-0.3, -0.25) is 0 Å². The van der Waals surface area contributed by atoms with Gasteiger partial charge >= 0.3 is 0 Å². The highest BCUT2D eigenvalue weighted by Gasteiger charge is 2.60. The zero-order valence-electron chi connectivity index (χ0n) is 12.5. The summed E-state index contributed by atoms with van der Waals surface area (Å²) >= 11 is 0. The summed E-state index contributed by atoms with van der Waals surface area (Å²) in [5.74, 6) is 0. The zero-order chi connectivity index (χ0) is 14.2. The first kappa shape index (κ1) is 14.5. The van der Waals surface area contributed by atoms with Crippen LogP contribution in [0.4, 0.5) is 0 Å². The quantitative estimate of drug-likeness (QED) is 0.476. The number of epoxide rings is 3. The number of hydrogen-bond donors (Lipinski definition) is 0. The van der Waals surface area contributed by atoms with Crippen molar-refractivity contribution in [2.45, 2.75) is 57.4 Å². The van der Waals surface area contributed by atoms with Crippen molar-refractivity contribution in [3.8, 4) is 0 Å². The van der Waals surface area contributed by atoms with Crippen LogP contribution >= 0.6 is 0 Å². The Morgan fingerprint density at radius 3 is 2.50 bits per heavy atom. The molecule has 5 atom stereocenters. The molecule has 20 heavy (non-hydrogen) atoms. The van der Waals surface area contributed by atoms with Gasteiger partial charge in [0.25, 0.3) is 0 Å². The smallest absolute Gasteiger partial charge is 0.190 e. The van der Waals surface area contributed by atoms with E-state index in [9.17, 15) is 0 Å². The van der Waals surface area contributed by atoms with E-state index in [1.807, 2.05) is 0 Å². The lowest BCUT2D eigenvalue weighted by Crippen LogP contribution is -2.34. The van der Waals surface area contributed by atoms with Gasteiger partial charge in [0.15, 0.2) is 6.29 Å². The number of hydrogen-bond acceptors (Lipinski definition) is 5. The van der Waals surface area contributed by atoms with Crippen LogP contribution < -0.4 is 0 Å². The van der Waals surface area contributed by atoms with Crippen LogP contribution in [0.5, 0.6) is 0 Å². The van der Waals surface area contributed by atoms with Gasteiger partial charge in [-0.15, -0.1) is 0 Å². The molecule has 3 fully saturated rings. The van der Waals surface area contributed by atoms with Gasteiger partial charge in [0.05, 0.1) is 32.5 Å². The van der Waals surface area contributed by atoms with Crippen LogP contribution in [0.3, 0.4) is 0 Å². The van der Waals surface area contributed by atoms with Gasteiger partial charge in [-0.25, -0.2) is 0 Å². The maximum Gasteiger partial charge on any atom is 0.190 e. The Balaban J connectivity index is 1.50. The third-order valence-corrected chi connectivity index (χ3v) is 3.87. The first-order valence-corrected chi connectivity index (χ1v) is 7.35. The van der Waals surface area contributed by atoms with Gasteiger partial charge in [0, 0.05) is 0 Å². The summed E-state index contributed by atoms with van der Waals surface area (Å²) in [5, 5.41) is 0. The average Bonchev–Trinajstić information content (AvgIpc) is 3.23. The third kappa shape index (κ3) is 3.80. The van der Waals surface area contributed by atoms with Crippen LogP contribution in [-0.2, 0) is 23.7 Å². The molecule has 3 aliphatic rings. The Kier molecular flexibility index (Phi) is 4.15. The molecule has 0 aromatic rings. The SMILES string of the molecule is CC(C)=CCC(OCC1CO1)C1(C)OC1OCC1CO1. The van der Waals surface area contributed by atoms with Gasteiger partial charge in [-0.1, -0.05) is 11.6 Å². The molecule has 0 bridgehead atoms. The molecule has 0 aromatic heterocycles. The van der Waals surface area contributed by atoms with E-state index in [-0.39, 0.29) is 30.2 Å². The fourth-order valence-corrected chi connectivity index (χ4v) is 2.18. The van der Waals surface area contributed by atoms with Crippen molar-refractivity contribution < 1.29 is 23.7 Å². The second-order valence-corrected chi connectivity index (χ2v) is 6.22. The van der Waals surface area contributed by atoms with E-state index >= 15 is 0 Å². The summed E-state index contributed by atoms with van der Waals surface area (Å²) in [6.07, 6.45) is 3.39. The minimum absolute atomic E-state index is 0.00622. The summed E-state index contributed by atoms with van der Waals surface area (Å²) in [7, 11) is 0. The number of allylic oxidation sites excluding steroid dienone is 1. The molecule has 0 spiro atoms. The van der Waals surface area contributed by atoms with E-state index in [4.69, 9.17) is 23.7 Å². The van der Waals surface area contributed by atoms with Crippen molar-refractivity contribution in [3.63, 3.8) is 0 Å². The molecule has 114 valence electrons. The minimum Gasteiger partial charge on any atom is -0.372 e. The van der Waals surface area contributed by atoms with E-state index in [0.29, 0.717) is 13.2 Å². The summed E-state index contributed by atoms with van der Waals surface area (Å²) in [5.41, 5.74) is 0.935. The molecule has 0 amide bonds. The van der Waals surface area contributed by atoms with Crippen molar-refractivity contribution >= 4 is 0 Å². The monoisotopic (exact) mass is 284 g/mol. The fourth-order valence-electron chi connectivity index (χ4n) is 2.18. The van der Waals surface area contributed by atoms with Crippen molar-refractivity contribution in [2.75, 3.05) is 26.4 Å². The first-order valence-electron chi connectivity index (χ1n) is 7.35. The standard InChI is InChI=1S/C15H24O5/c1-10(2)4-5-13(18-8-11-6-16-11)15(3)14(20-15)19-9-12-7-17-12/h4,11-14H,5-9H2,1-3H3. The third-order valence-electron chi connectivity index (χ3n) is 3.87. The van der Waals surface area contributed by atoms with Crippen LogP contribution in [-0.4, -0.2) is 56.6 Å². The average molecular weight is 284 g/mol. The van der Waals surface area contributed by atoms with Crippen LogP contribution in [0.2, 0.25) is 0 Å². The molecule has 0 aromatic carbocycles. The summed E-state index contributed by atoms with van der Waals surface area (Å²) in [4.78, 5) is 0. The molecular weight excluding hydrogens is 260 g/mol. The highest BCUT2D eigenvalue weighted by molar-refractivity contribution is 5.05. The van der Waals surface area contributed by atoms with Crippen molar-refractivity contribution in [1.29, 1.82) is 0 Å². The minimum atomic E-state index is -0.351. The number of rotatable bonds is 9. The fraction of sp³-hybridized carbons (Fsp3) is 0.867. The summed E-state index contributed by atoms with van der Waals surface area (Å²) < 4.78 is 27.8. The maximum absolute atomic E-state index is 5.99. The van der Waals surface area contributed by atoms with Crippen molar-refractivity contribution in [2.24, 2.45) is 0 Å². The van der Waals surface area contributed by atoms with Gasteiger partial charge in [0.1, 0.15) is 17.8 Å². The predicted molar refractivity (Wildman–Crippen MR) is 72.5 cm³/mol. The Hall–Kier alpha value is -0.460. The largest absolute Gasteiger partial charge is 0.372 e. The van der Waals surface area contributed by atoms with E-state index in [2.05, 4.69) is 26.8 Å². The van der Waals surface area contributed by atoms with Crippen LogP contribution in [0.15, 0.2) is 11.6 Å². The van der Waals surface area contributed by atoms with Crippen LogP contribution in [0, 0.1) is 0 Å². The second-order valence-electron chi connectivity index (χ2n) is 6.22.